The molecule has 0 radical (unpaired) electrons. The maximum atomic E-state index is 12.9. The number of aromatic nitrogens is 1. The Bertz CT molecular complexity index is 688. The van der Waals surface area contributed by atoms with Gasteiger partial charge in [-0.15, -0.1) is 6.58 Å². The van der Waals surface area contributed by atoms with Gasteiger partial charge in [-0.3, -0.25) is 4.79 Å². The Morgan fingerprint density at radius 1 is 1.32 bits per heavy atom. The number of thiocarbonyl (C=S) groups is 1. The molecule has 1 unspecified atom stereocenters. The predicted octanol–water partition coefficient (Wildman–Crippen LogP) is 3.26. The SMILES string of the molecule is C=CCNC(=S)C(C(=O)c1cccc(Br)c1)[n+]1ccccc1. The predicted molar refractivity (Wildman–Crippen MR) is 94.9 cm³/mol. The minimum Gasteiger partial charge on any atom is -0.370 e. The van der Waals surface area contributed by atoms with Crippen LogP contribution in [0.3, 0.4) is 0 Å². The summed E-state index contributed by atoms with van der Waals surface area (Å²) in [5.41, 5.74) is 0.610. The second-order valence-corrected chi connectivity index (χ2v) is 5.99. The summed E-state index contributed by atoms with van der Waals surface area (Å²) in [4.78, 5) is 13.4. The number of nitrogens with zero attached hydrogens (tertiary/aromatic N) is 1. The topological polar surface area (TPSA) is 33.0 Å². The van der Waals surface area contributed by atoms with Crippen LogP contribution in [-0.2, 0) is 0 Å². The van der Waals surface area contributed by atoms with Crippen molar-refractivity contribution < 1.29 is 9.36 Å². The van der Waals surface area contributed by atoms with Crippen LogP contribution in [0.1, 0.15) is 16.4 Å². The third-order valence-corrected chi connectivity index (χ3v) is 3.92. The summed E-state index contributed by atoms with van der Waals surface area (Å²) in [5, 5.41) is 3.06. The number of Topliss-reactive ketones (excluding diaryl/α,β-unsaturated/α-hetero) is 1. The molecule has 0 amide bonds. The number of hydrogen-bond donors (Lipinski definition) is 1. The molecule has 1 heterocycles. The van der Waals surface area contributed by atoms with Crippen molar-refractivity contribution in [2.75, 3.05) is 6.54 Å². The lowest BCUT2D eigenvalue weighted by Crippen LogP contribution is -2.51. The Morgan fingerprint density at radius 2 is 2.05 bits per heavy atom. The van der Waals surface area contributed by atoms with Gasteiger partial charge in [-0.05, 0) is 12.1 Å². The average Bonchev–Trinajstić information content (AvgIpc) is 2.54. The van der Waals surface area contributed by atoms with Crippen molar-refractivity contribution >= 4 is 38.9 Å². The molecule has 3 nitrogen and oxygen atoms in total. The molecule has 0 saturated carbocycles. The number of carbonyl (C=O) groups is 1. The summed E-state index contributed by atoms with van der Waals surface area (Å²) in [7, 11) is 0. The molecule has 0 saturated heterocycles. The molecule has 2 aromatic rings. The second-order valence-electron chi connectivity index (χ2n) is 4.63. The Kier molecular flexibility index (Phi) is 5.98. The van der Waals surface area contributed by atoms with Gasteiger partial charge in [0.1, 0.15) is 0 Å². The molecule has 1 aromatic heterocycles. The molecular formula is C17H16BrN2OS+. The lowest BCUT2D eigenvalue weighted by atomic mass is 10.0. The summed E-state index contributed by atoms with van der Waals surface area (Å²) in [6.45, 7) is 4.18. The normalized spacial score (nSPS) is 11.5. The number of benzene rings is 1. The Morgan fingerprint density at radius 3 is 2.68 bits per heavy atom. The zero-order chi connectivity index (χ0) is 15.9. The first-order valence-corrected chi connectivity index (χ1v) is 7.98. The van der Waals surface area contributed by atoms with Crippen LogP contribution in [0.25, 0.3) is 0 Å². The first kappa shape index (κ1) is 16.5. The zero-order valence-electron chi connectivity index (χ0n) is 11.9. The maximum absolute atomic E-state index is 12.9. The number of carbonyl (C=O) groups excluding carboxylic acids is 1. The third kappa shape index (κ3) is 4.08. The van der Waals surface area contributed by atoms with E-state index in [9.17, 15) is 4.79 Å². The lowest BCUT2D eigenvalue weighted by molar-refractivity contribution is -0.692. The van der Waals surface area contributed by atoms with Crippen molar-refractivity contribution in [1.82, 2.24) is 5.32 Å². The highest BCUT2D eigenvalue weighted by Crippen LogP contribution is 2.16. The minimum atomic E-state index is -0.578. The number of halogens is 1. The maximum Gasteiger partial charge on any atom is 0.270 e. The molecule has 112 valence electrons. The second kappa shape index (κ2) is 7.96. The number of nitrogens with one attached hydrogen (secondary N) is 1. The molecule has 0 spiro atoms. The van der Waals surface area contributed by atoms with Crippen LogP contribution in [0.5, 0.6) is 0 Å². The van der Waals surface area contributed by atoms with Gasteiger partial charge in [-0.25, -0.2) is 0 Å². The van der Waals surface area contributed by atoms with E-state index in [1.165, 1.54) is 0 Å². The first-order valence-electron chi connectivity index (χ1n) is 6.77. The van der Waals surface area contributed by atoms with Crippen LogP contribution in [-0.4, -0.2) is 17.3 Å². The first-order chi connectivity index (χ1) is 10.6. The molecule has 0 fully saturated rings. The van der Waals surface area contributed by atoms with E-state index in [-0.39, 0.29) is 5.78 Å². The van der Waals surface area contributed by atoms with Crippen molar-refractivity contribution in [3.63, 3.8) is 0 Å². The minimum absolute atomic E-state index is 0.0564. The Labute approximate surface area is 143 Å². The van der Waals surface area contributed by atoms with Crippen molar-refractivity contribution in [2.24, 2.45) is 0 Å². The van der Waals surface area contributed by atoms with Crippen molar-refractivity contribution in [2.45, 2.75) is 6.04 Å². The average molecular weight is 376 g/mol. The molecular weight excluding hydrogens is 360 g/mol. The van der Waals surface area contributed by atoms with Gasteiger partial charge in [0.15, 0.2) is 17.4 Å². The fourth-order valence-corrected chi connectivity index (χ4v) is 2.75. The van der Waals surface area contributed by atoms with Gasteiger partial charge in [0.05, 0.1) is 0 Å². The molecule has 1 aromatic carbocycles. The standard InChI is InChI=1S/C17H15BrN2OS/c1-2-9-19-17(22)15(20-10-4-3-5-11-20)16(21)13-7-6-8-14(18)12-13/h2-8,10-12,15H,1,9H2/p+1. The van der Waals surface area contributed by atoms with Gasteiger partial charge in [0.25, 0.3) is 6.04 Å². The van der Waals surface area contributed by atoms with Gasteiger partial charge >= 0.3 is 0 Å². The van der Waals surface area contributed by atoms with Gasteiger partial charge in [0, 0.05) is 28.7 Å². The van der Waals surface area contributed by atoms with Gasteiger partial charge in [0.2, 0.25) is 5.78 Å². The Hall–Kier alpha value is -1.85. The highest BCUT2D eigenvalue weighted by molar-refractivity contribution is 9.10. The van der Waals surface area contributed by atoms with E-state index in [1.807, 2.05) is 47.3 Å². The van der Waals surface area contributed by atoms with E-state index in [0.29, 0.717) is 17.1 Å². The number of rotatable bonds is 6. The summed E-state index contributed by atoms with van der Waals surface area (Å²) in [6.07, 6.45) is 5.38. The number of hydrogen-bond acceptors (Lipinski definition) is 2. The van der Waals surface area contributed by atoms with Crippen LogP contribution >= 0.6 is 28.1 Å². The van der Waals surface area contributed by atoms with E-state index >= 15 is 0 Å². The van der Waals surface area contributed by atoms with Crippen LogP contribution in [0.15, 0.2) is 72.0 Å². The van der Waals surface area contributed by atoms with E-state index < -0.39 is 6.04 Å². The van der Waals surface area contributed by atoms with Crippen molar-refractivity contribution in [3.05, 3.63) is 77.5 Å². The molecule has 0 aliphatic carbocycles. The lowest BCUT2D eigenvalue weighted by Gasteiger charge is -2.14. The van der Waals surface area contributed by atoms with Crippen LogP contribution < -0.4 is 9.88 Å². The smallest absolute Gasteiger partial charge is 0.270 e. The molecule has 0 aliphatic rings. The van der Waals surface area contributed by atoms with E-state index in [4.69, 9.17) is 12.2 Å². The van der Waals surface area contributed by atoms with Crippen molar-refractivity contribution in [1.29, 1.82) is 0 Å². The van der Waals surface area contributed by atoms with E-state index in [2.05, 4.69) is 27.8 Å². The van der Waals surface area contributed by atoms with Gasteiger partial charge < -0.3 is 5.32 Å². The Balaban J connectivity index is 2.37. The summed E-state index contributed by atoms with van der Waals surface area (Å²) in [6, 6.07) is 12.4. The van der Waals surface area contributed by atoms with E-state index in [0.717, 1.165) is 4.47 Å². The van der Waals surface area contributed by atoms with Gasteiger partial charge in [-0.1, -0.05) is 52.4 Å². The molecule has 5 heteroatoms. The molecule has 1 N–H and O–H groups in total. The summed E-state index contributed by atoms with van der Waals surface area (Å²) >= 11 is 8.81. The zero-order valence-corrected chi connectivity index (χ0v) is 14.3. The molecule has 22 heavy (non-hydrogen) atoms. The quantitative estimate of drug-likeness (QED) is 0.364. The fraction of sp³-hybridized carbons (Fsp3) is 0.118. The number of pyridine rings is 1. The van der Waals surface area contributed by atoms with E-state index in [1.54, 1.807) is 18.2 Å². The van der Waals surface area contributed by atoms with Crippen LogP contribution in [0.4, 0.5) is 0 Å². The van der Waals surface area contributed by atoms with Crippen LogP contribution in [0, 0.1) is 0 Å². The monoisotopic (exact) mass is 375 g/mol. The fourth-order valence-electron chi connectivity index (χ4n) is 2.04. The van der Waals surface area contributed by atoms with Crippen LogP contribution in [0.2, 0.25) is 0 Å². The molecule has 0 aliphatic heterocycles. The summed E-state index contributed by atoms with van der Waals surface area (Å²) in [5.74, 6) is -0.0564. The molecule has 1 atom stereocenters. The highest BCUT2D eigenvalue weighted by Gasteiger charge is 2.32. The number of ketones is 1. The molecule has 2 rings (SSSR count). The third-order valence-electron chi connectivity index (χ3n) is 3.06. The van der Waals surface area contributed by atoms with Crippen molar-refractivity contribution in [3.8, 4) is 0 Å². The highest BCUT2D eigenvalue weighted by atomic mass is 79.9. The molecule has 0 bridgehead atoms. The van der Waals surface area contributed by atoms with Gasteiger partial charge in [-0.2, -0.15) is 4.57 Å². The summed E-state index contributed by atoms with van der Waals surface area (Å²) < 4.78 is 2.67. The largest absolute Gasteiger partial charge is 0.370 e.